The van der Waals surface area contributed by atoms with Gasteiger partial charge in [-0.05, 0) is 61.7 Å². The molecule has 3 rings (SSSR count). The summed E-state index contributed by atoms with van der Waals surface area (Å²) in [5, 5.41) is 3.45. The molecule has 1 saturated carbocycles. The largest absolute Gasteiger partial charge is 0.317 e. The lowest BCUT2D eigenvalue weighted by Crippen LogP contribution is -2.26. The molecule has 0 radical (unpaired) electrons. The quantitative estimate of drug-likeness (QED) is 0.821. The van der Waals surface area contributed by atoms with E-state index in [2.05, 4.69) is 29.6 Å². The molecular weight excluding hydrogens is 218 g/mol. The molecule has 1 N–H and O–H groups in total. The zero-order valence-corrected chi connectivity index (χ0v) is 11.3. The summed E-state index contributed by atoms with van der Waals surface area (Å²) in [5.74, 6) is 1.65. The fourth-order valence-electron chi connectivity index (χ4n) is 3.63. The highest BCUT2D eigenvalue weighted by Crippen LogP contribution is 2.34. The van der Waals surface area contributed by atoms with Crippen LogP contribution in [0, 0.1) is 0 Å². The third-order valence-electron chi connectivity index (χ3n) is 4.82. The van der Waals surface area contributed by atoms with Gasteiger partial charge in [0.25, 0.3) is 0 Å². The first kappa shape index (κ1) is 12.2. The van der Waals surface area contributed by atoms with Gasteiger partial charge in [0.2, 0.25) is 0 Å². The lowest BCUT2D eigenvalue weighted by atomic mass is 9.82. The van der Waals surface area contributed by atoms with Gasteiger partial charge in [-0.1, -0.05) is 43.5 Å². The molecule has 18 heavy (non-hydrogen) atoms. The van der Waals surface area contributed by atoms with E-state index in [-0.39, 0.29) is 0 Å². The third kappa shape index (κ3) is 2.77. The van der Waals surface area contributed by atoms with Crippen LogP contribution in [0.1, 0.15) is 67.9 Å². The van der Waals surface area contributed by atoms with Crippen molar-refractivity contribution in [2.75, 3.05) is 13.1 Å². The SMILES string of the molecule is c1cc(C2CCNCC2)ccc1C1CCCCC1. The van der Waals surface area contributed by atoms with Crippen LogP contribution in [-0.4, -0.2) is 13.1 Å². The van der Waals surface area contributed by atoms with E-state index in [4.69, 9.17) is 0 Å². The van der Waals surface area contributed by atoms with Crippen LogP contribution in [0.15, 0.2) is 24.3 Å². The Labute approximate surface area is 111 Å². The molecule has 1 heterocycles. The van der Waals surface area contributed by atoms with E-state index in [9.17, 15) is 0 Å². The minimum absolute atomic E-state index is 0.798. The average Bonchev–Trinajstić information content (AvgIpc) is 2.49. The predicted molar refractivity (Wildman–Crippen MR) is 77.1 cm³/mol. The van der Waals surface area contributed by atoms with Crippen LogP contribution in [0.4, 0.5) is 0 Å². The number of benzene rings is 1. The molecule has 0 amide bonds. The maximum absolute atomic E-state index is 3.45. The fraction of sp³-hybridized carbons (Fsp3) is 0.647. The van der Waals surface area contributed by atoms with Gasteiger partial charge in [0.15, 0.2) is 0 Å². The lowest BCUT2D eigenvalue weighted by molar-refractivity contribution is 0.442. The van der Waals surface area contributed by atoms with Gasteiger partial charge in [-0.3, -0.25) is 0 Å². The molecule has 1 aliphatic carbocycles. The highest BCUT2D eigenvalue weighted by atomic mass is 14.9. The predicted octanol–water partition coefficient (Wildman–Crippen LogP) is 4.20. The van der Waals surface area contributed by atoms with Crippen LogP contribution in [0.3, 0.4) is 0 Å². The monoisotopic (exact) mass is 243 g/mol. The van der Waals surface area contributed by atoms with Gasteiger partial charge in [-0.25, -0.2) is 0 Å². The van der Waals surface area contributed by atoms with E-state index in [1.54, 1.807) is 11.1 Å². The second kappa shape index (κ2) is 5.88. The lowest BCUT2D eigenvalue weighted by Gasteiger charge is -2.25. The first-order valence-electron chi connectivity index (χ1n) is 7.74. The van der Waals surface area contributed by atoms with Crippen molar-refractivity contribution in [3.63, 3.8) is 0 Å². The normalized spacial score (nSPS) is 23.1. The van der Waals surface area contributed by atoms with Crippen LogP contribution < -0.4 is 5.32 Å². The Morgan fingerprint density at radius 1 is 0.667 bits per heavy atom. The number of nitrogens with one attached hydrogen (secondary N) is 1. The van der Waals surface area contributed by atoms with Gasteiger partial charge in [-0.15, -0.1) is 0 Å². The number of rotatable bonds is 2. The summed E-state index contributed by atoms with van der Waals surface area (Å²) in [6.45, 7) is 2.38. The van der Waals surface area contributed by atoms with Crippen LogP contribution >= 0.6 is 0 Å². The van der Waals surface area contributed by atoms with Crippen molar-refractivity contribution in [2.45, 2.75) is 56.8 Å². The molecule has 1 aromatic carbocycles. The standard InChI is InChI=1S/C17H25N/c1-2-4-14(5-3-1)15-6-8-16(9-7-15)17-10-12-18-13-11-17/h6-9,14,17-18H,1-5,10-13H2. The molecule has 2 aliphatic rings. The maximum Gasteiger partial charge on any atom is -0.00431 e. The first-order valence-corrected chi connectivity index (χ1v) is 7.74. The second-order valence-corrected chi connectivity index (χ2v) is 6.03. The third-order valence-corrected chi connectivity index (χ3v) is 4.82. The zero-order valence-electron chi connectivity index (χ0n) is 11.3. The Kier molecular flexibility index (Phi) is 3.99. The van der Waals surface area contributed by atoms with Crippen molar-refractivity contribution in [2.24, 2.45) is 0 Å². The van der Waals surface area contributed by atoms with E-state index in [0.29, 0.717) is 0 Å². The van der Waals surface area contributed by atoms with E-state index < -0.39 is 0 Å². The minimum atomic E-state index is 0.798. The molecule has 1 aromatic rings. The Morgan fingerprint density at radius 3 is 1.72 bits per heavy atom. The molecule has 98 valence electrons. The van der Waals surface area contributed by atoms with Crippen molar-refractivity contribution in [3.8, 4) is 0 Å². The van der Waals surface area contributed by atoms with Crippen molar-refractivity contribution < 1.29 is 0 Å². The average molecular weight is 243 g/mol. The zero-order chi connectivity index (χ0) is 12.2. The molecule has 0 aromatic heterocycles. The molecule has 0 bridgehead atoms. The highest BCUT2D eigenvalue weighted by molar-refractivity contribution is 5.28. The summed E-state index contributed by atoms with van der Waals surface area (Å²) in [6.07, 6.45) is 9.75. The maximum atomic E-state index is 3.45. The fourth-order valence-corrected chi connectivity index (χ4v) is 3.63. The molecule has 2 fully saturated rings. The summed E-state index contributed by atoms with van der Waals surface area (Å²) in [7, 11) is 0. The molecule has 0 unspecified atom stereocenters. The van der Waals surface area contributed by atoms with Crippen molar-refractivity contribution in [3.05, 3.63) is 35.4 Å². The van der Waals surface area contributed by atoms with E-state index in [1.165, 1.54) is 58.0 Å². The highest BCUT2D eigenvalue weighted by Gasteiger charge is 2.17. The topological polar surface area (TPSA) is 12.0 Å². The molecule has 1 saturated heterocycles. The van der Waals surface area contributed by atoms with Gasteiger partial charge in [0.05, 0.1) is 0 Å². The summed E-state index contributed by atoms with van der Waals surface area (Å²) >= 11 is 0. The van der Waals surface area contributed by atoms with Gasteiger partial charge in [0, 0.05) is 0 Å². The first-order chi connectivity index (χ1) is 8.93. The Hall–Kier alpha value is -0.820. The van der Waals surface area contributed by atoms with Gasteiger partial charge in [0.1, 0.15) is 0 Å². The molecule has 1 aliphatic heterocycles. The van der Waals surface area contributed by atoms with Crippen molar-refractivity contribution >= 4 is 0 Å². The molecule has 0 spiro atoms. The Bertz CT molecular complexity index is 319. The Balaban J connectivity index is 1.67. The minimum Gasteiger partial charge on any atom is -0.317 e. The van der Waals surface area contributed by atoms with Crippen molar-refractivity contribution in [1.82, 2.24) is 5.32 Å². The van der Waals surface area contributed by atoms with Crippen LogP contribution in [0.25, 0.3) is 0 Å². The number of hydrogen-bond donors (Lipinski definition) is 1. The van der Waals surface area contributed by atoms with Gasteiger partial charge in [-0.2, -0.15) is 0 Å². The summed E-state index contributed by atoms with van der Waals surface area (Å²) in [5.41, 5.74) is 3.16. The molecule has 0 atom stereocenters. The van der Waals surface area contributed by atoms with Crippen LogP contribution in [0.5, 0.6) is 0 Å². The van der Waals surface area contributed by atoms with Gasteiger partial charge >= 0.3 is 0 Å². The number of piperidine rings is 1. The Morgan fingerprint density at radius 2 is 1.17 bits per heavy atom. The van der Waals surface area contributed by atoms with E-state index >= 15 is 0 Å². The van der Waals surface area contributed by atoms with Crippen LogP contribution in [-0.2, 0) is 0 Å². The van der Waals surface area contributed by atoms with E-state index in [1.807, 2.05) is 0 Å². The van der Waals surface area contributed by atoms with Crippen LogP contribution in [0.2, 0.25) is 0 Å². The van der Waals surface area contributed by atoms with Crippen molar-refractivity contribution in [1.29, 1.82) is 0 Å². The smallest absolute Gasteiger partial charge is 0.00431 e. The summed E-state index contributed by atoms with van der Waals surface area (Å²) in [6, 6.07) is 9.63. The molecule has 1 nitrogen and oxygen atoms in total. The number of hydrogen-bond acceptors (Lipinski definition) is 1. The summed E-state index contributed by atoms with van der Waals surface area (Å²) in [4.78, 5) is 0. The van der Waals surface area contributed by atoms with E-state index in [0.717, 1.165) is 11.8 Å². The molecular formula is C17H25N. The second-order valence-electron chi connectivity index (χ2n) is 6.03. The van der Waals surface area contributed by atoms with Gasteiger partial charge < -0.3 is 5.32 Å². The molecule has 1 heteroatoms. The summed E-state index contributed by atoms with van der Waals surface area (Å²) < 4.78 is 0.